The van der Waals surface area contributed by atoms with Gasteiger partial charge in [-0.15, -0.1) is 0 Å². The van der Waals surface area contributed by atoms with E-state index in [0.717, 1.165) is 16.7 Å². The summed E-state index contributed by atoms with van der Waals surface area (Å²) in [6, 6.07) is 5.83. The van der Waals surface area contributed by atoms with Gasteiger partial charge in [-0.2, -0.15) is 0 Å². The molecular weight excluding hydrogens is 274 g/mol. The number of fused-ring (bicyclic) bond motifs is 1. The van der Waals surface area contributed by atoms with Crippen LogP contribution >= 0.6 is 11.8 Å². The van der Waals surface area contributed by atoms with Crippen LogP contribution in [0, 0.1) is 0 Å². The molecule has 6 heteroatoms. The van der Waals surface area contributed by atoms with Crippen molar-refractivity contribution in [3.8, 4) is 0 Å². The first-order valence-corrected chi connectivity index (χ1v) is 7.31. The quantitative estimate of drug-likeness (QED) is 0.848. The number of imidazole rings is 1. The van der Waals surface area contributed by atoms with Gasteiger partial charge in [0.2, 0.25) is 5.91 Å². The van der Waals surface area contributed by atoms with Crippen LogP contribution in [0.4, 0.5) is 5.69 Å². The van der Waals surface area contributed by atoms with E-state index in [1.165, 1.54) is 18.7 Å². The van der Waals surface area contributed by atoms with Gasteiger partial charge in [-0.05, 0) is 18.2 Å². The minimum Gasteiger partial charge on any atom is -0.334 e. The van der Waals surface area contributed by atoms with E-state index < -0.39 is 0 Å². The minimum atomic E-state index is 0.0550. The van der Waals surface area contributed by atoms with Crippen LogP contribution in [0.1, 0.15) is 13.3 Å². The van der Waals surface area contributed by atoms with Gasteiger partial charge in [0.1, 0.15) is 0 Å². The van der Waals surface area contributed by atoms with Gasteiger partial charge in [0.25, 0.3) is 0 Å². The van der Waals surface area contributed by atoms with Crippen LogP contribution in [0.15, 0.2) is 24.5 Å². The number of aryl methyl sites for hydroxylation is 1. The van der Waals surface area contributed by atoms with Gasteiger partial charge in [-0.3, -0.25) is 9.59 Å². The van der Waals surface area contributed by atoms with Gasteiger partial charge >= 0.3 is 0 Å². The Morgan fingerprint density at radius 2 is 2.25 bits per heavy atom. The molecule has 2 heterocycles. The molecule has 1 unspecified atom stereocenters. The molecule has 2 aromatic rings. The topological polar surface area (TPSA) is 55.2 Å². The maximum atomic E-state index is 12.1. The van der Waals surface area contributed by atoms with E-state index in [0.29, 0.717) is 13.0 Å². The predicted octanol–water partition coefficient (Wildman–Crippen LogP) is 1.96. The molecule has 1 aliphatic heterocycles. The van der Waals surface area contributed by atoms with Crippen LogP contribution in [0.25, 0.3) is 11.0 Å². The van der Waals surface area contributed by atoms with Crippen molar-refractivity contribution in [2.45, 2.75) is 18.6 Å². The van der Waals surface area contributed by atoms with Crippen molar-refractivity contribution in [2.75, 3.05) is 11.4 Å². The summed E-state index contributed by atoms with van der Waals surface area (Å²) >= 11 is 1.25. The first-order chi connectivity index (χ1) is 9.54. The first kappa shape index (κ1) is 13.2. The van der Waals surface area contributed by atoms with Crippen molar-refractivity contribution >= 4 is 39.5 Å². The van der Waals surface area contributed by atoms with Crippen molar-refractivity contribution in [2.24, 2.45) is 7.05 Å². The average Bonchev–Trinajstić information content (AvgIpc) is 2.92. The lowest BCUT2D eigenvalue weighted by Crippen LogP contribution is -2.24. The predicted molar refractivity (Wildman–Crippen MR) is 79.7 cm³/mol. The molecule has 5 nitrogen and oxygen atoms in total. The highest BCUT2D eigenvalue weighted by Gasteiger charge is 2.32. The van der Waals surface area contributed by atoms with Crippen LogP contribution in [0.3, 0.4) is 0 Å². The molecule has 3 rings (SSSR count). The highest BCUT2D eigenvalue weighted by atomic mass is 32.2. The van der Waals surface area contributed by atoms with Crippen LogP contribution in [0.5, 0.6) is 0 Å². The van der Waals surface area contributed by atoms with Gasteiger partial charge in [0.15, 0.2) is 5.12 Å². The normalized spacial score (nSPS) is 19.0. The number of hydrogen-bond donors (Lipinski definition) is 0. The monoisotopic (exact) mass is 289 g/mol. The summed E-state index contributed by atoms with van der Waals surface area (Å²) in [4.78, 5) is 29.3. The largest absolute Gasteiger partial charge is 0.334 e. The molecule has 0 bridgehead atoms. The lowest BCUT2D eigenvalue weighted by molar-refractivity contribution is -0.117. The van der Waals surface area contributed by atoms with E-state index in [2.05, 4.69) is 4.98 Å². The molecule has 1 atom stereocenters. The van der Waals surface area contributed by atoms with Gasteiger partial charge < -0.3 is 9.47 Å². The number of nitrogens with zero attached hydrogens (tertiary/aromatic N) is 3. The number of anilines is 1. The number of aromatic nitrogens is 2. The Labute approximate surface area is 121 Å². The summed E-state index contributed by atoms with van der Waals surface area (Å²) in [6.07, 6.45) is 2.18. The molecule has 0 aliphatic carbocycles. The lowest BCUT2D eigenvalue weighted by Gasteiger charge is -2.16. The third kappa shape index (κ3) is 2.31. The highest BCUT2D eigenvalue weighted by Crippen LogP contribution is 2.30. The number of hydrogen-bond acceptors (Lipinski definition) is 4. The summed E-state index contributed by atoms with van der Waals surface area (Å²) in [5.74, 6) is 0.0685. The van der Waals surface area contributed by atoms with Crippen molar-refractivity contribution < 1.29 is 9.59 Å². The third-order valence-electron chi connectivity index (χ3n) is 3.44. The number of carbonyl (C=O) groups is 2. The zero-order valence-corrected chi connectivity index (χ0v) is 12.2. The number of carbonyl (C=O) groups excluding carboxylic acids is 2. The Kier molecular flexibility index (Phi) is 3.25. The lowest BCUT2D eigenvalue weighted by atomic mass is 10.2. The Balaban J connectivity index is 1.87. The van der Waals surface area contributed by atoms with E-state index >= 15 is 0 Å². The average molecular weight is 289 g/mol. The minimum absolute atomic E-state index is 0.0550. The van der Waals surface area contributed by atoms with E-state index in [-0.39, 0.29) is 16.3 Å². The molecule has 0 saturated carbocycles. The zero-order valence-electron chi connectivity index (χ0n) is 11.4. The molecule has 1 saturated heterocycles. The van der Waals surface area contributed by atoms with Crippen molar-refractivity contribution in [1.82, 2.24) is 9.55 Å². The SMILES string of the molecule is CC(=O)SC1CC(=O)N(c2ccc3c(c2)ncn3C)C1. The molecule has 0 radical (unpaired) electrons. The van der Waals surface area contributed by atoms with Gasteiger partial charge in [0, 0.05) is 37.9 Å². The molecule has 1 amide bonds. The summed E-state index contributed by atoms with van der Waals surface area (Å²) < 4.78 is 1.94. The van der Waals surface area contributed by atoms with E-state index in [4.69, 9.17) is 0 Å². The summed E-state index contributed by atoms with van der Waals surface area (Å²) in [6.45, 7) is 2.12. The van der Waals surface area contributed by atoms with Gasteiger partial charge in [0.05, 0.1) is 17.4 Å². The van der Waals surface area contributed by atoms with Crippen molar-refractivity contribution in [3.63, 3.8) is 0 Å². The Bertz CT molecular complexity index is 695. The molecule has 1 aliphatic rings. The maximum Gasteiger partial charge on any atom is 0.228 e. The van der Waals surface area contributed by atoms with Gasteiger partial charge in [-0.25, -0.2) is 4.98 Å². The molecule has 104 valence electrons. The maximum absolute atomic E-state index is 12.1. The highest BCUT2D eigenvalue weighted by molar-refractivity contribution is 8.14. The third-order valence-corrected chi connectivity index (χ3v) is 4.42. The number of thioether (sulfide) groups is 1. The van der Waals surface area contributed by atoms with Crippen LogP contribution < -0.4 is 4.90 Å². The van der Waals surface area contributed by atoms with Crippen LogP contribution in [-0.4, -0.2) is 32.4 Å². The summed E-state index contributed by atoms with van der Waals surface area (Å²) in [5.41, 5.74) is 2.77. The first-order valence-electron chi connectivity index (χ1n) is 6.43. The number of amides is 1. The van der Waals surface area contributed by atoms with Crippen molar-refractivity contribution in [3.05, 3.63) is 24.5 Å². The molecular formula is C14H15N3O2S. The fraction of sp³-hybridized carbons (Fsp3) is 0.357. The molecule has 20 heavy (non-hydrogen) atoms. The fourth-order valence-electron chi connectivity index (χ4n) is 2.53. The Hall–Kier alpha value is -1.82. The molecule has 1 aromatic heterocycles. The zero-order chi connectivity index (χ0) is 14.3. The van der Waals surface area contributed by atoms with Crippen LogP contribution in [-0.2, 0) is 16.6 Å². The van der Waals surface area contributed by atoms with E-state index in [1.807, 2.05) is 29.8 Å². The van der Waals surface area contributed by atoms with Crippen molar-refractivity contribution in [1.29, 1.82) is 0 Å². The summed E-state index contributed by atoms with van der Waals surface area (Å²) in [5, 5.41) is 0.115. The standard InChI is InChI=1S/C14H15N3O2S/c1-9(18)20-11-6-14(19)17(7-11)10-3-4-13-12(5-10)15-8-16(13)2/h3-5,8,11H,6-7H2,1-2H3. The Morgan fingerprint density at radius 1 is 1.45 bits per heavy atom. The number of benzene rings is 1. The number of rotatable bonds is 2. The second-order valence-electron chi connectivity index (χ2n) is 4.97. The summed E-state index contributed by atoms with van der Waals surface area (Å²) in [7, 11) is 1.94. The van der Waals surface area contributed by atoms with E-state index in [9.17, 15) is 9.59 Å². The smallest absolute Gasteiger partial charge is 0.228 e. The van der Waals surface area contributed by atoms with Crippen LogP contribution in [0.2, 0.25) is 0 Å². The Morgan fingerprint density at radius 3 is 3.00 bits per heavy atom. The van der Waals surface area contributed by atoms with E-state index in [1.54, 1.807) is 11.2 Å². The second kappa shape index (κ2) is 4.94. The van der Waals surface area contributed by atoms with Gasteiger partial charge in [-0.1, -0.05) is 11.8 Å². The molecule has 0 spiro atoms. The molecule has 0 N–H and O–H groups in total. The fourth-order valence-corrected chi connectivity index (χ4v) is 3.45. The molecule has 1 aromatic carbocycles. The second-order valence-corrected chi connectivity index (χ2v) is 6.45. The molecule has 1 fully saturated rings.